The number of halogens is 1. The lowest BCUT2D eigenvalue weighted by Crippen LogP contribution is -2.01. The van der Waals surface area contributed by atoms with Crippen LogP contribution in [0.4, 0.5) is 0 Å². The summed E-state index contributed by atoms with van der Waals surface area (Å²) in [5.74, 6) is 1.85. The maximum atomic E-state index is 5.93. The molecule has 0 fully saturated rings. The van der Waals surface area contributed by atoms with Gasteiger partial charge in [-0.2, -0.15) is 0 Å². The molecule has 2 rings (SSSR count). The molecule has 0 aliphatic carbocycles. The molecule has 0 aliphatic heterocycles. The summed E-state index contributed by atoms with van der Waals surface area (Å²) in [4.78, 5) is 4.26. The molecule has 2 aromatic heterocycles. The van der Waals surface area contributed by atoms with Crippen molar-refractivity contribution >= 4 is 17.2 Å². The van der Waals surface area contributed by atoms with Gasteiger partial charge in [-0.1, -0.05) is 57.0 Å². The molecule has 0 saturated heterocycles. The number of aryl methyl sites for hydroxylation is 2. The van der Waals surface area contributed by atoms with Gasteiger partial charge in [0.2, 0.25) is 0 Å². The Morgan fingerprint density at radius 1 is 1.05 bits per heavy atom. The van der Waals surface area contributed by atoms with E-state index in [9.17, 15) is 0 Å². The average Bonchev–Trinajstić information content (AvgIpc) is 2.81. The Bertz CT molecular complexity index is 550. The monoisotopic (exact) mass is 294 g/mol. The number of hydrogen-bond acceptors (Lipinski definition) is 3. The third-order valence-electron chi connectivity index (χ3n) is 3.60. The van der Waals surface area contributed by atoms with Gasteiger partial charge >= 0.3 is 0 Å². The van der Waals surface area contributed by atoms with E-state index in [4.69, 9.17) is 11.6 Å². The molecule has 0 unspecified atom stereocenters. The SMILES string of the molecule is CCCCCCCCCc1nnc2cc(Cl)nc(C)n12. The van der Waals surface area contributed by atoms with Crippen molar-refractivity contribution in [3.05, 3.63) is 22.9 Å². The Kier molecular flexibility index (Phi) is 5.77. The van der Waals surface area contributed by atoms with Gasteiger partial charge in [0, 0.05) is 12.5 Å². The lowest BCUT2D eigenvalue weighted by molar-refractivity contribution is 0.583. The predicted molar refractivity (Wildman–Crippen MR) is 82.2 cm³/mol. The van der Waals surface area contributed by atoms with Gasteiger partial charge in [0.15, 0.2) is 5.65 Å². The fourth-order valence-electron chi connectivity index (χ4n) is 2.52. The molecular weight excluding hydrogens is 272 g/mol. The van der Waals surface area contributed by atoms with Gasteiger partial charge in [0.1, 0.15) is 16.8 Å². The first-order valence-electron chi connectivity index (χ1n) is 7.59. The van der Waals surface area contributed by atoms with Crippen LogP contribution in [0.5, 0.6) is 0 Å². The van der Waals surface area contributed by atoms with Crippen LogP contribution in [0.3, 0.4) is 0 Å². The second-order valence-electron chi connectivity index (χ2n) is 5.31. The van der Waals surface area contributed by atoms with Gasteiger partial charge in [-0.05, 0) is 13.3 Å². The maximum Gasteiger partial charge on any atom is 0.165 e. The number of nitrogens with zero attached hydrogens (tertiary/aromatic N) is 4. The quantitative estimate of drug-likeness (QED) is 0.536. The summed E-state index contributed by atoms with van der Waals surface area (Å²) < 4.78 is 2.00. The lowest BCUT2D eigenvalue weighted by Gasteiger charge is -2.04. The summed E-state index contributed by atoms with van der Waals surface area (Å²) in [6.07, 6.45) is 10.1. The Labute approximate surface area is 125 Å². The van der Waals surface area contributed by atoms with Crippen molar-refractivity contribution in [1.29, 1.82) is 0 Å². The summed E-state index contributed by atoms with van der Waals surface area (Å²) in [6.45, 7) is 4.19. The van der Waals surface area contributed by atoms with Crippen LogP contribution in [0.25, 0.3) is 5.65 Å². The maximum absolute atomic E-state index is 5.93. The third kappa shape index (κ3) is 3.92. The fourth-order valence-corrected chi connectivity index (χ4v) is 2.74. The van der Waals surface area contributed by atoms with Crippen molar-refractivity contribution in [2.75, 3.05) is 0 Å². The van der Waals surface area contributed by atoms with Crippen molar-refractivity contribution < 1.29 is 0 Å². The highest BCUT2D eigenvalue weighted by atomic mass is 35.5. The molecule has 0 radical (unpaired) electrons. The van der Waals surface area contributed by atoms with E-state index in [2.05, 4.69) is 22.1 Å². The van der Waals surface area contributed by atoms with E-state index in [1.165, 1.54) is 38.5 Å². The van der Waals surface area contributed by atoms with Crippen molar-refractivity contribution in [3.63, 3.8) is 0 Å². The topological polar surface area (TPSA) is 43.1 Å². The molecule has 2 aromatic rings. The van der Waals surface area contributed by atoms with Crippen LogP contribution in [-0.2, 0) is 6.42 Å². The number of aromatic nitrogens is 4. The molecule has 0 amide bonds. The predicted octanol–water partition coefficient (Wildman–Crippen LogP) is 4.38. The Balaban J connectivity index is 1.85. The van der Waals surface area contributed by atoms with Crippen molar-refractivity contribution in [1.82, 2.24) is 19.6 Å². The number of rotatable bonds is 8. The standard InChI is InChI=1S/C15H23ClN4/c1-3-4-5-6-7-8-9-10-14-18-19-15-11-13(16)17-12(2)20(14)15/h11H,3-10H2,1-2H3. The number of unbranched alkanes of at least 4 members (excludes halogenated alkanes) is 6. The van der Waals surface area contributed by atoms with E-state index in [1.54, 1.807) is 6.07 Å². The second-order valence-corrected chi connectivity index (χ2v) is 5.69. The van der Waals surface area contributed by atoms with Gasteiger partial charge in [0.05, 0.1) is 0 Å². The average molecular weight is 295 g/mol. The first-order valence-corrected chi connectivity index (χ1v) is 7.97. The Morgan fingerprint density at radius 3 is 2.50 bits per heavy atom. The minimum Gasteiger partial charge on any atom is -0.267 e. The summed E-state index contributed by atoms with van der Waals surface area (Å²) in [5, 5.41) is 8.90. The highest BCUT2D eigenvalue weighted by Gasteiger charge is 2.09. The molecule has 0 saturated carbocycles. The molecule has 4 nitrogen and oxygen atoms in total. The fraction of sp³-hybridized carbons (Fsp3) is 0.667. The van der Waals surface area contributed by atoms with Crippen LogP contribution in [0.1, 0.15) is 63.5 Å². The Hall–Kier alpha value is -1.16. The zero-order valence-corrected chi connectivity index (χ0v) is 13.2. The summed E-state index contributed by atoms with van der Waals surface area (Å²) in [6, 6.07) is 1.76. The van der Waals surface area contributed by atoms with E-state index in [1.807, 2.05) is 11.3 Å². The molecule has 2 heterocycles. The molecule has 0 bridgehead atoms. The molecule has 0 spiro atoms. The zero-order chi connectivity index (χ0) is 14.4. The van der Waals surface area contributed by atoms with E-state index >= 15 is 0 Å². The summed E-state index contributed by atoms with van der Waals surface area (Å²) in [5.41, 5.74) is 0.792. The third-order valence-corrected chi connectivity index (χ3v) is 3.79. The van der Waals surface area contributed by atoms with Crippen molar-refractivity contribution in [2.45, 2.75) is 65.2 Å². The Morgan fingerprint density at radius 2 is 1.75 bits per heavy atom. The lowest BCUT2D eigenvalue weighted by atomic mass is 10.1. The number of fused-ring (bicyclic) bond motifs is 1. The van der Waals surface area contributed by atoms with E-state index in [0.717, 1.165) is 30.1 Å². The summed E-state index contributed by atoms with van der Waals surface area (Å²) >= 11 is 5.93. The van der Waals surface area contributed by atoms with Gasteiger partial charge in [0.25, 0.3) is 0 Å². The van der Waals surface area contributed by atoms with Crippen LogP contribution in [0.2, 0.25) is 5.15 Å². The van der Waals surface area contributed by atoms with E-state index in [-0.39, 0.29) is 0 Å². The first-order chi connectivity index (χ1) is 9.72. The molecule has 0 atom stereocenters. The van der Waals surface area contributed by atoms with E-state index < -0.39 is 0 Å². The van der Waals surface area contributed by atoms with Crippen molar-refractivity contribution in [2.24, 2.45) is 0 Å². The molecule has 0 aliphatic rings. The molecule has 20 heavy (non-hydrogen) atoms. The smallest absolute Gasteiger partial charge is 0.165 e. The van der Waals surface area contributed by atoms with Gasteiger partial charge in [-0.25, -0.2) is 4.98 Å². The molecule has 110 valence electrons. The van der Waals surface area contributed by atoms with Crippen LogP contribution < -0.4 is 0 Å². The molecule has 0 aromatic carbocycles. The zero-order valence-electron chi connectivity index (χ0n) is 12.4. The number of hydrogen-bond donors (Lipinski definition) is 0. The van der Waals surface area contributed by atoms with Crippen LogP contribution in [0.15, 0.2) is 6.07 Å². The second kappa shape index (κ2) is 7.58. The van der Waals surface area contributed by atoms with Crippen LogP contribution >= 0.6 is 11.6 Å². The first kappa shape index (κ1) is 15.2. The molecule has 5 heteroatoms. The minimum atomic E-state index is 0.477. The highest BCUT2D eigenvalue weighted by molar-refractivity contribution is 6.29. The van der Waals surface area contributed by atoms with Crippen LogP contribution in [0, 0.1) is 6.92 Å². The van der Waals surface area contributed by atoms with E-state index in [0.29, 0.717) is 5.15 Å². The van der Waals surface area contributed by atoms with Crippen LogP contribution in [-0.4, -0.2) is 19.6 Å². The van der Waals surface area contributed by atoms with Gasteiger partial charge < -0.3 is 0 Å². The van der Waals surface area contributed by atoms with Crippen molar-refractivity contribution in [3.8, 4) is 0 Å². The minimum absolute atomic E-state index is 0.477. The normalized spacial score (nSPS) is 11.3. The summed E-state index contributed by atoms with van der Waals surface area (Å²) in [7, 11) is 0. The van der Waals surface area contributed by atoms with Gasteiger partial charge in [-0.15, -0.1) is 10.2 Å². The highest BCUT2D eigenvalue weighted by Crippen LogP contribution is 2.14. The largest absolute Gasteiger partial charge is 0.267 e. The molecule has 0 N–H and O–H groups in total. The molecular formula is C15H23ClN4. The van der Waals surface area contributed by atoms with Gasteiger partial charge in [-0.3, -0.25) is 4.40 Å².